The number of nitrogens with one attached hydrogen (secondary N) is 1. The number of carbonyl (C=O) groups is 2. The Labute approximate surface area is 130 Å². The van der Waals surface area contributed by atoms with E-state index in [1.807, 2.05) is 30.0 Å². The Morgan fingerprint density at radius 1 is 1.36 bits per heavy atom. The van der Waals surface area contributed by atoms with Crippen molar-refractivity contribution in [2.45, 2.75) is 26.3 Å². The number of fused-ring (bicyclic) bond motifs is 1. The molecule has 0 aliphatic carbocycles. The fourth-order valence-electron chi connectivity index (χ4n) is 2.65. The average molecular weight is 305 g/mol. The van der Waals surface area contributed by atoms with Gasteiger partial charge < -0.3 is 10.4 Å². The Kier molecular flexibility index (Phi) is 4.83. The van der Waals surface area contributed by atoms with E-state index in [9.17, 15) is 9.59 Å². The zero-order valence-corrected chi connectivity index (χ0v) is 13.3. The predicted molar refractivity (Wildman–Crippen MR) is 85.8 cm³/mol. The summed E-state index contributed by atoms with van der Waals surface area (Å²) in [7, 11) is 0. The van der Waals surface area contributed by atoms with Crippen LogP contribution in [0, 0.1) is 0 Å². The second-order valence-electron chi connectivity index (χ2n) is 5.85. The van der Waals surface area contributed by atoms with Crippen LogP contribution in [0.1, 0.15) is 20.8 Å². The smallest absolute Gasteiger partial charge is 0.250 e. The number of carbonyl (C=O) groups excluding carboxylic acids is 2. The first-order valence-corrected chi connectivity index (χ1v) is 7.48. The molecule has 120 valence electrons. The molecule has 6 nitrogen and oxygen atoms in total. The molecule has 0 saturated carbocycles. The van der Waals surface area contributed by atoms with Gasteiger partial charge in [0.05, 0.1) is 24.5 Å². The monoisotopic (exact) mass is 305 g/mol. The van der Waals surface area contributed by atoms with Gasteiger partial charge in [0.25, 0.3) is 0 Å². The van der Waals surface area contributed by atoms with Crippen molar-refractivity contribution in [3.63, 3.8) is 0 Å². The van der Waals surface area contributed by atoms with Crippen molar-refractivity contribution < 1.29 is 14.7 Å². The largest absolute Gasteiger partial charge is 0.395 e. The first-order chi connectivity index (χ1) is 10.4. The van der Waals surface area contributed by atoms with Crippen molar-refractivity contribution in [2.75, 3.05) is 36.5 Å². The third-order valence-corrected chi connectivity index (χ3v) is 3.98. The van der Waals surface area contributed by atoms with Crippen molar-refractivity contribution in [2.24, 2.45) is 0 Å². The molecule has 6 heteroatoms. The van der Waals surface area contributed by atoms with Crippen LogP contribution in [-0.4, -0.2) is 53.6 Å². The van der Waals surface area contributed by atoms with Gasteiger partial charge in [0.1, 0.15) is 5.54 Å². The molecule has 0 atom stereocenters. The molecule has 2 N–H and O–H groups in total. The van der Waals surface area contributed by atoms with E-state index in [2.05, 4.69) is 5.32 Å². The predicted octanol–water partition coefficient (Wildman–Crippen LogP) is 1.06. The summed E-state index contributed by atoms with van der Waals surface area (Å²) in [6.45, 7) is 6.67. The zero-order chi connectivity index (χ0) is 16.3. The van der Waals surface area contributed by atoms with Crippen molar-refractivity contribution >= 4 is 23.2 Å². The first kappa shape index (κ1) is 16.5. The number of anilines is 2. The van der Waals surface area contributed by atoms with Crippen LogP contribution in [0.25, 0.3) is 0 Å². The van der Waals surface area contributed by atoms with Gasteiger partial charge in [-0.05, 0) is 32.5 Å². The maximum Gasteiger partial charge on any atom is 0.250 e. The van der Waals surface area contributed by atoms with E-state index in [0.29, 0.717) is 24.5 Å². The highest BCUT2D eigenvalue weighted by molar-refractivity contribution is 6.14. The summed E-state index contributed by atoms with van der Waals surface area (Å²) in [5.41, 5.74) is 0.395. The standard InChI is InChI=1S/C16H23N3O3/c1-4-18(9-10-20)11-14(21)19-13-8-6-5-7-12(13)17-15(22)16(19,2)3/h5-8,20H,4,9-11H2,1-3H3,(H,17,22). The van der Waals surface area contributed by atoms with Gasteiger partial charge in [-0.3, -0.25) is 19.4 Å². The molecule has 22 heavy (non-hydrogen) atoms. The van der Waals surface area contributed by atoms with Crippen molar-refractivity contribution in [3.8, 4) is 0 Å². The van der Waals surface area contributed by atoms with E-state index in [1.54, 1.807) is 24.8 Å². The van der Waals surface area contributed by atoms with E-state index in [-0.39, 0.29) is 25.0 Å². The molecule has 2 rings (SSSR count). The molecule has 0 aromatic heterocycles. The van der Waals surface area contributed by atoms with Crippen molar-refractivity contribution in [1.29, 1.82) is 0 Å². The maximum atomic E-state index is 12.8. The Balaban J connectivity index is 2.34. The number of hydrogen-bond donors (Lipinski definition) is 2. The van der Waals surface area contributed by atoms with Crippen LogP contribution in [0.3, 0.4) is 0 Å². The summed E-state index contributed by atoms with van der Waals surface area (Å²) in [4.78, 5) is 28.5. The molecule has 0 radical (unpaired) electrons. The number of para-hydroxylation sites is 2. The molecular weight excluding hydrogens is 282 g/mol. The van der Waals surface area contributed by atoms with Crippen LogP contribution in [0.15, 0.2) is 24.3 Å². The van der Waals surface area contributed by atoms with E-state index in [0.717, 1.165) is 0 Å². The van der Waals surface area contributed by atoms with Crippen LogP contribution in [0.5, 0.6) is 0 Å². The van der Waals surface area contributed by atoms with Gasteiger partial charge in [-0.15, -0.1) is 0 Å². The molecule has 0 fully saturated rings. The lowest BCUT2D eigenvalue weighted by atomic mass is 9.96. The fourth-order valence-corrected chi connectivity index (χ4v) is 2.65. The molecule has 2 amide bonds. The van der Waals surface area contributed by atoms with Crippen LogP contribution in [0.2, 0.25) is 0 Å². The van der Waals surface area contributed by atoms with E-state index in [1.165, 1.54) is 0 Å². The topological polar surface area (TPSA) is 72.9 Å². The molecule has 1 heterocycles. The molecule has 1 aliphatic heterocycles. The molecule has 0 saturated heterocycles. The van der Waals surface area contributed by atoms with E-state index < -0.39 is 5.54 Å². The van der Waals surface area contributed by atoms with E-state index >= 15 is 0 Å². The van der Waals surface area contributed by atoms with Crippen LogP contribution >= 0.6 is 0 Å². The summed E-state index contributed by atoms with van der Waals surface area (Å²) < 4.78 is 0. The fraction of sp³-hybridized carbons (Fsp3) is 0.500. The van der Waals surface area contributed by atoms with Crippen LogP contribution < -0.4 is 10.2 Å². The molecular formula is C16H23N3O3. The number of rotatable bonds is 5. The summed E-state index contributed by atoms with van der Waals surface area (Å²) in [6.07, 6.45) is 0. The third-order valence-electron chi connectivity index (χ3n) is 3.98. The highest BCUT2D eigenvalue weighted by Gasteiger charge is 2.43. The number of nitrogens with zero attached hydrogens (tertiary/aromatic N) is 2. The lowest BCUT2D eigenvalue weighted by molar-refractivity contribution is -0.127. The van der Waals surface area contributed by atoms with Gasteiger partial charge in [0, 0.05) is 6.54 Å². The van der Waals surface area contributed by atoms with Gasteiger partial charge >= 0.3 is 0 Å². The molecule has 1 aliphatic rings. The Bertz CT molecular complexity index is 572. The number of likely N-dealkylation sites (N-methyl/N-ethyl adjacent to an activating group) is 1. The molecule has 0 spiro atoms. The van der Waals surface area contributed by atoms with Crippen LogP contribution in [0.4, 0.5) is 11.4 Å². The summed E-state index contributed by atoms with van der Waals surface area (Å²) >= 11 is 0. The quantitative estimate of drug-likeness (QED) is 0.853. The minimum absolute atomic E-state index is 0.00157. The minimum atomic E-state index is -0.954. The molecule has 1 aromatic rings. The average Bonchev–Trinajstić information content (AvgIpc) is 2.47. The minimum Gasteiger partial charge on any atom is -0.395 e. The van der Waals surface area contributed by atoms with Crippen molar-refractivity contribution in [1.82, 2.24) is 4.90 Å². The lowest BCUT2D eigenvalue weighted by Gasteiger charge is -2.42. The highest BCUT2D eigenvalue weighted by atomic mass is 16.3. The lowest BCUT2D eigenvalue weighted by Crippen LogP contribution is -2.60. The van der Waals surface area contributed by atoms with Crippen molar-refractivity contribution in [3.05, 3.63) is 24.3 Å². The molecule has 0 unspecified atom stereocenters. The normalized spacial score (nSPS) is 16.4. The third kappa shape index (κ3) is 2.98. The zero-order valence-electron chi connectivity index (χ0n) is 13.3. The summed E-state index contributed by atoms with van der Waals surface area (Å²) in [5.74, 6) is -0.354. The Hall–Kier alpha value is -1.92. The van der Waals surface area contributed by atoms with Gasteiger partial charge in [-0.2, -0.15) is 0 Å². The molecule has 0 bridgehead atoms. The Morgan fingerprint density at radius 3 is 2.68 bits per heavy atom. The summed E-state index contributed by atoms with van der Waals surface area (Å²) in [5, 5.41) is 11.9. The van der Waals surface area contributed by atoms with Crippen LogP contribution in [-0.2, 0) is 9.59 Å². The number of hydrogen-bond acceptors (Lipinski definition) is 4. The van der Waals surface area contributed by atoms with Gasteiger partial charge in [-0.25, -0.2) is 0 Å². The SMILES string of the molecule is CCN(CCO)CC(=O)N1c2ccccc2NC(=O)C1(C)C. The van der Waals surface area contributed by atoms with Gasteiger partial charge in [0.15, 0.2) is 0 Å². The number of benzene rings is 1. The molecule has 1 aromatic carbocycles. The maximum absolute atomic E-state index is 12.8. The second kappa shape index (κ2) is 6.46. The van der Waals surface area contributed by atoms with E-state index in [4.69, 9.17) is 5.11 Å². The summed E-state index contributed by atoms with van der Waals surface area (Å²) in [6, 6.07) is 7.28. The van der Waals surface area contributed by atoms with Gasteiger partial charge in [0.2, 0.25) is 11.8 Å². The number of aliphatic hydroxyl groups is 1. The first-order valence-electron chi connectivity index (χ1n) is 7.48. The Morgan fingerprint density at radius 2 is 2.05 bits per heavy atom. The highest BCUT2D eigenvalue weighted by Crippen LogP contribution is 2.36. The number of amides is 2. The number of aliphatic hydroxyl groups excluding tert-OH is 1. The second-order valence-corrected chi connectivity index (χ2v) is 5.85. The van der Waals surface area contributed by atoms with Gasteiger partial charge in [-0.1, -0.05) is 19.1 Å².